The molecule has 2 aromatic rings. The number of nitrogens with zero attached hydrogens (tertiary/aromatic N) is 1. The van der Waals surface area contributed by atoms with Crippen molar-refractivity contribution in [2.75, 3.05) is 14.2 Å². The summed E-state index contributed by atoms with van der Waals surface area (Å²) >= 11 is 0. The third kappa shape index (κ3) is 3.68. The predicted octanol–water partition coefficient (Wildman–Crippen LogP) is 2.91. The molecule has 0 aliphatic carbocycles. The van der Waals surface area contributed by atoms with Crippen LogP contribution in [-0.4, -0.2) is 31.2 Å². The average Bonchev–Trinajstić information content (AvgIpc) is 3.06. The molecule has 0 saturated heterocycles. The van der Waals surface area contributed by atoms with Crippen LogP contribution in [-0.2, 0) is 30.4 Å². The van der Waals surface area contributed by atoms with E-state index in [0.29, 0.717) is 0 Å². The minimum atomic E-state index is -0.965. The maximum Gasteiger partial charge on any atom is 0.376 e. The fraction of sp³-hybridized carbons (Fsp3) is 0.200. The highest BCUT2D eigenvalue weighted by Crippen LogP contribution is 2.41. The van der Waals surface area contributed by atoms with Crippen LogP contribution in [0.25, 0.3) is 0 Å². The average molecular weight is 371 g/mol. The Bertz CT molecular complexity index is 881. The maximum atomic E-state index is 14.5. The number of ether oxygens (including phenoxy) is 2. The van der Waals surface area contributed by atoms with Crippen molar-refractivity contribution in [3.8, 4) is 0 Å². The van der Waals surface area contributed by atoms with Gasteiger partial charge >= 0.3 is 11.9 Å². The van der Waals surface area contributed by atoms with E-state index in [9.17, 15) is 14.0 Å². The van der Waals surface area contributed by atoms with Gasteiger partial charge in [-0.15, -0.1) is 5.06 Å². The second kappa shape index (κ2) is 8.01. The van der Waals surface area contributed by atoms with Crippen LogP contribution >= 0.6 is 0 Å². The Hall–Kier alpha value is -3.19. The van der Waals surface area contributed by atoms with Crippen LogP contribution in [0.4, 0.5) is 4.39 Å². The molecule has 0 bridgehead atoms. The highest BCUT2D eigenvalue weighted by atomic mass is 19.1. The van der Waals surface area contributed by atoms with Crippen LogP contribution in [0.2, 0.25) is 0 Å². The van der Waals surface area contributed by atoms with Gasteiger partial charge in [-0.3, -0.25) is 0 Å². The lowest BCUT2D eigenvalue weighted by Gasteiger charge is -2.24. The molecule has 0 unspecified atom stereocenters. The SMILES string of the molecule is COC(=O)C1=C(C(=O)OC)[C@@H](c2ccccc2F)N(Cc2ccccc2)O1. The number of halogens is 1. The fourth-order valence-corrected chi connectivity index (χ4v) is 2.94. The van der Waals surface area contributed by atoms with Gasteiger partial charge in [0, 0.05) is 5.56 Å². The van der Waals surface area contributed by atoms with Gasteiger partial charge in [0.05, 0.1) is 20.8 Å². The summed E-state index contributed by atoms with van der Waals surface area (Å²) in [4.78, 5) is 30.2. The van der Waals surface area contributed by atoms with E-state index in [1.165, 1.54) is 31.4 Å². The van der Waals surface area contributed by atoms with E-state index in [1.54, 1.807) is 12.1 Å². The summed E-state index contributed by atoms with van der Waals surface area (Å²) in [6.45, 7) is 0.209. The van der Waals surface area contributed by atoms with E-state index in [2.05, 4.69) is 0 Å². The minimum Gasteiger partial charge on any atom is -0.465 e. The Morgan fingerprint density at radius 1 is 1.00 bits per heavy atom. The molecule has 7 heteroatoms. The summed E-state index contributed by atoms with van der Waals surface area (Å²) < 4.78 is 24.1. The standard InChI is InChI=1S/C20H18FNO5/c1-25-19(23)16-17(14-10-6-7-11-15(14)21)22(27-18(16)20(24)26-2)12-13-8-4-3-5-9-13/h3-11,17H,12H2,1-2H3/t17-/m1/s1. The number of carbonyl (C=O) groups is 2. The van der Waals surface area contributed by atoms with E-state index in [1.807, 2.05) is 30.3 Å². The molecular weight excluding hydrogens is 353 g/mol. The highest BCUT2D eigenvalue weighted by molar-refractivity contribution is 6.00. The maximum absolute atomic E-state index is 14.5. The zero-order valence-corrected chi connectivity index (χ0v) is 14.8. The lowest BCUT2D eigenvalue weighted by Crippen LogP contribution is -2.26. The number of benzene rings is 2. The lowest BCUT2D eigenvalue weighted by molar-refractivity contribution is -0.160. The third-order valence-electron chi connectivity index (χ3n) is 4.17. The van der Waals surface area contributed by atoms with Crippen molar-refractivity contribution in [1.29, 1.82) is 0 Å². The highest BCUT2D eigenvalue weighted by Gasteiger charge is 2.45. The van der Waals surface area contributed by atoms with Gasteiger partial charge in [0.1, 0.15) is 17.4 Å². The van der Waals surface area contributed by atoms with Crippen LogP contribution in [0.15, 0.2) is 65.9 Å². The normalized spacial score (nSPS) is 16.8. The molecule has 0 fully saturated rings. The van der Waals surface area contributed by atoms with E-state index in [4.69, 9.17) is 14.3 Å². The molecule has 6 nitrogen and oxygen atoms in total. The van der Waals surface area contributed by atoms with Crippen LogP contribution in [0, 0.1) is 5.82 Å². The molecule has 0 aromatic heterocycles. The second-order valence-corrected chi connectivity index (χ2v) is 5.80. The quantitative estimate of drug-likeness (QED) is 0.753. The summed E-state index contributed by atoms with van der Waals surface area (Å²) in [5.41, 5.74) is 0.937. The number of hydroxylamine groups is 2. The second-order valence-electron chi connectivity index (χ2n) is 5.80. The Balaban J connectivity index is 2.10. The van der Waals surface area contributed by atoms with Crippen molar-refractivity contribution in [1.82, 2.24) is 5.06 Å². The Morgan fingerprint density at radius 3 is 2.26 bits per heavy atom. The van der Waals surface area contributed by atoms with E-state index in [0.717, 1.165) is 5.56 Å². The van der Waals surface area contributed by atoms with Crippen molar-refractivity contribution in [2.45, 2.75) is 12.6 Å². The number of rotatable bonds is 5. The third-order valence-corrected chi connectivity index (χ3v) is 4.17. The first-order valence-electron chi connectivity index (χ1n) is 8.20. The molecular formula is C20H18FNO5. The minimum absolute atomic E-state index is 0.106. The van der Waals surface area contributed by atoms with E-state index < -0.39 is 23.8 Å². The molecule has 27 heavy (non-hydrogen) atoms. The van der Waals surface area contributed by atoms with Gasteiger partial charge in [0.15, 0.2) is 0 Å². The van der Waals surface area contributed by atoms with Gasteiger partial charge < -0.3 is 14.3 Å². The molecule has 0 spiro atoms. The lowest BCUT2D eigenvalue weighted by atomic mass is 9.97. The number of methoxy groups -OCH3 is 2. The molecule has 1 atom stereocenters. The Morgan fingerprint density at radius 2 is 1.63 bits per heavy atom. The van der Waals surface area contributed by atoms with Crippen molar-refractivity contribution in [3.63, 3.8) is 0 Å². The van der Waals surface area contributed by atoms with Gasteiger partial charge in [-0.05, 0) is 11.6 Å². The van der Waals surface area contributed by atoms with E-state index in [-0.39, 0.29) is 23.4 Å². The topological polar surface area (TPSA) is 65.1 Å². The van der Waals surface area contributed by atoms with Gasteiger partial charge in [0.2, 0.25) is 5.76 Å². The largest absolute Gasteiger partial charge is 0.465 e. The molecule has 2 aromatic carbocycles. The zero-order chi connectivity index (χ0) is 19.4. The first-order valence-corrected chi connectivity index (χ1v) is 8.20. The fourth-order valence-electron chi connectivity index (χ4n) is 2.94. The summed E-state index contributed by atoms with van der Waals surface area (Å²) in [5.74, 6) is -2.48. The van der Waals surface area contributed by atoms with Gasteiger partial charge in [-0.1, -0.05) is 48.5 Å². The summed E-state index contributed by atoms with van der Waals surface area (Å²) in [5, 5.41) is 1.37. The number of hydrogen-bond donors (Lipinski definition) is 0. The van der Waals surface area contributed by atoms with Crippen LogP contribution in [0.3, 0.4) is 0 Å². The summed E-state index contributed by atoms with van der Waals surface area (Å²) in [7, 11) is 2.36. The predicted molar refractivity (Wildman–Crippen MR) is 93.3 cm³/mol. The van der Waals surface area contributed by atoms with Crippen molar-refractivity contribution < 1.29 is 28.3 Å². The van der Waals surface area contributed by atoms with Crippen molar-refractivity contribution in [3.05, 3.63) is 82.9 Å². The van der Waals surface area contributed by atoms with Crippen LogP contribution in [0.5, 0.6) is 0 Å². The summed E-state index contributed by atoms with van der Waals surface area (Å²) in [6.07, 6.45) is 0. The first-order chi connectivity index (χ1) is 13.1. The van der Waals surface area contributed by atoms with Crippen molar-refractivity contribution >= 4 is 11.9 Å². The molecule has 0 amide bonds. The molecule has 1 aliphatic rings. The van der Waals surface area contributed by atoms with Gasteiger partial charge in [-0.2, -0.15) is 0 Å². The monoisotopic (exact) mass is 371 g/mol. The van der Waals surface area contributed by atoms with Gasteiger partial charge in [0.25, 0.3) is 0 Å². The molecule has 0 saturated carbocycles. The smallest absolute Gasteiger partial charge is 0.376 e. The Labute approximate surface area is 155 Å². The van der Waals surface area contributed by atoms with Crippen LogP contribution < -0.4 is 0 Å². The van der Waals surface area contributed by atoms with E-state index >= 15 is 0 Å². The zero-order valence-electron chi connectivity index (χ0n) is 14.8. The van der Waals surface area contributed by atoms with Gasteiger partial charge in [-0.25, -0.2) is 14.0 Å². The molecule has 0 radical (unpaired) electrons. The van der Waals surface area contributed by atoms with Crippen LogP contribution in [0.1, 0.15) is 17.2 Å². The number of hydrogen-bond acceptors (Lipinski definition) is 6. The first kappa shape index (κ1) is 18.6. The number of carbonyl (C=O) groups excluding carboxylic acids is 2. The molecule has 1 heterocycles. The Kier molecular flexibility index (Phi) is 5.52. The molecule has 140 valence electrons. The summed E-state index contributed by atoms with van der Waals surface area (Å²) in [6, 6.07) is 14.3. The van der Waals surface area contributed by atoms with Crippen molar-refractivity contribution in [2.24, 2.45) is 0 Å². The molecule has 3 rings (SSSR count). The molecule has 1 aliphatic heterocycles. The number of esters is 2. The molecule has 0 N–H and O–H groups in total.